The fourth-order valence-corrected chi connectivity index (χ4v) is 3.55. The Kier molecular flexibility index (Phi) is 7.77. The molecule has 4 heteroatoms. The first-order valence-corrected chi connectivity index (χ1v) is 10.5. The number of aliphatic hydroxyl groups excluding tert-OH is 1. The summed E-state index contributed by atoms with van der Waals surface area (Å²) in [5, 5.41) is 14.4. The molecule has 2 aromatic rings. The maximum absolute atomic E-state index is 13.5. The molecule has 31 heavy (non-hydrogen) atoms. The van der Waals surface area contributed by atoms with Gasteiger partial charge < -0.3 is 10.4 Å². The molecule has 0 bridgehead atoms. The number of rotatable bonds is 6. The van der Waals surface area contributed by atoms with E-state index in [1.807, 2.05) is 91.9 Å². The summed E-state index contributed by atoms with van der Waals surface area (Å²) in [7, 11) is 0. The van der Waals surface area contributed by atoms with Crippen LogP contribution in [0, 0.1) is 5.92 Å². The number of aliphatic hydroxyl groups is 1. The first-order valence-electron chi connectivity index (χ1n) is 10.5. The van der Waals surface area contributed by atoms with Crippen molar-refractivity contribution < 1.29 is 9.90 Å². The molecule has 0 fully saturated rings. The van der Waals surface area contributed by atoms with Crippen molar-refractivity contribution in [3.05, 3.63) is 120 Å². The van der Waals surface area contributed by atoms with Crippen molar-refractivity contribution in [2.75, 3.05) is 6.54 Å². The number of nitrogens with one attached hydrogen (secondary N) is 1. The molecule has 2 N–H and O–H groups in total. The largest absolute Gasteiger partial charge is 0.505 e. The molecular formula is C27H28N2O2. The van der Waals surface area contributed by atoms with E-state index in [9.17, 15) is 9.90 Å². The quantitative estimate of drug-likeness (QED) is 0.617. The predicted octanol–water partition coefficient (Wildman–Crippen LogP) is 5.48. The van der Waals surface area contributed by atoms with Gasteiger partial charge in [0.2, 0.25) is 0 Å². The van der Waals surface area contributed by atoms with Gasteiger partial charge in [-0.15, -0.1) is 6.58 Å². The lowest BCUT2D eigenvalue weighted by atomic mass is 9.92. The third kappa shape index (κ3) is 5.48. The van der Waals surface area contributed by atoms with E-state index in [2.05, 4.69) is 16.9 Å². The Balaban J connectivity index is 2.07. The summed E-state index contributed by atoms with van der Waals surface area (Å²) in [4.78, 5) is 18.0. The number of nitrogens with zero attached hydrogens (tertiary/aromatic N) is 1. The second-order valence-electron chi connectivity index (χ2n) is 7.24. The number of allylic oxidation sites excluding steroid dienone is 5. The fraction of sp³-hybridized carbons (Fsp3) is 0.185. The summed E-state index contributed by atoms with van der Waals surface area (Å²) in [6.07, 6.45) is 9.88. The van der Waals surface area contributed by atoms with Crippen LogP contribution in [0.5, 0.6) is 0 Å². The van der Waals surface area contributed by atoms with Gasteiger partial charge in [0.05, 0.1) is 18.2 Å². The molecular weight excluding hydrogens is 384 g/mol. The Morgan fingerprint density at radius 1 is 1.16 bits per heavy atom. The Hall–Kier alpha value is -3.66. The highest BCUT2D eigenvalue weighted by atomic mass is 16.3. The van der Waals surface area contributed by atoms with Crippen LogP contribution < -0.4 is 5.32 Å². The van der Waals surface area contributed by atoms with Crippen molar-refractivity contribution in [3.63, 3.8) is 0 Å². The number of amides is 1. The van der Waals surface area contributed by atoms with Crippen LogP contribution in [0.2, 0.25) is 0 Å². The summed E-state index contributed by atoms with van der Waals surface area (Å²) in [6, 6.07) is 19.1. The predicted molar refractivity (Wildman–Crippen MR) is 127 cm³/mol. The van der Waals surface area contributed by atoms with Gasteiger partial charge in [0.1, 0.15) is 5.71 Å². The normalized spacial score (nSPS) is 22.0. The molecule has 3 rings (SSSR count). The average Bonchev–Trinajstić information content (AvgIpc) is 2.82. The van der Waals surface area contributed by atoms with Crippen LogP contribution in [0.4, 0.5) is 0 Å². The zero-order valence-corrected chi connectivity index (χ0v) is 17.7. The van der Waals surface area contributed by atoms with Crippen molar-refractivity contribution in [1.29, 1.82) is 0 Å². The fourth-order valence-electron chi connectivity index (χ4n) is 3.55. The Morgan fingerprint density at radius 2 is 1.84 bits per heavy atom. The second kappa shape index (κ2) is 10.9. The molecule has 0 aromatic heterocycles. The van der Waals surface area contributed by atoms with Gasteiger partial charge in [0.15, 0.2) is 5.76 Å². The van der Waals surface area contributed by atoms with Crippen LogP contribution in [0.15, 0.2) is 114 Å². The third-order valence-electron chi connectivity index (χ3n) is 5.19. The molecule has 2 atom stereocenters. The van der Waals surface area contributed by atoms with Crippen molar-refractivity contribution in [1.82, 2.24) is 5.32 Å². The molecule has 0 saturated heterocycles. The van der Waals surface area contributed by atoms with Crippen LogP contribution in [0.3, 0.4) is 0 Å². The molecule has 1 amide bonds. The van der Waals surface area contributed by atoms with Gasteiger partial charge in [-0.05, 0) is 12.0 Å². The molecule has 1 heterocycles. The topological polar surface area (TPSA) is 61.7 Å². The van der Waals surface area contributed by atoms with E-state index in [0.717, 1.165) is 17.5 Å². The zero-order chi connectivity index (χ0) is 22.1. The maximum Gasteiger partial charge on any atom is 0.252 e. The molecule has 4 nitrogen and oxygen atoms in total. The highest BCUT2D eigenvalue weighted by molar-refractivity contribution is 6.15. The number of aliphatic imine (C=N–C) groups is 1. The van der Waals surface area contributed by atoms with E-state index in [4.69, 9.17) is 0 Å². The van der Waals surface area contributed by atoms with Crippen molar-refractivity contribution in [3.8, 4) is 0 Å². The van der Waals surface area contributed by atoms with Gasteiger partial charge in [-0.1, -0.05) is 98.0 Å². The Morgan fingerprint density at radius 3 is 2.48 bits per heavy atom. The lowest BCUT2D eigenvalue weighted by molar-refractivity contribution is -0.118. The summed E-state index contributed by atoms with van der Waals surface area (Å²) in [5.74, 6) is -0.933. The van der Waals surface area contributed by atoms with E-state index < -0.39 is 5.92 Å². The van der Waals surface area contributed by atoms with Crippen LogP contribution in [-0.4, -0.2) is 23.3 Å². The minimum atomic E-state index is -0.468. The average molecular weight is 413 g/mol. The van der Waals surface area contributed by atoms with Gasteiger partial charge in [0, 0.05) is 11.5 Å². The van der Waals surface area contributed by atoms with Crippen LogP contribution >= 0.6 is 0 Å². The lowest BCUT2D eigenvalue weighted by Crippen LogP contribution is -2.33. The number of hydrogen-bond acceptors (Lipinski definition) is 3. The molecule has 0 radical (unpaired) electrons. The van der Waals surface area contributed by atoms with E-state index >= 15 is 0 Å². The summed E-state index contributed by atoms with van der Waals surface area (Å²) < 4.78 is 0. The number of benzene rings is 2. The Labute approximate surface area is 184 Å². The SMILES string of the molecule is C=CC1/C=C\C=C/CN=C(c2ccccc2)/C(O)=C\1C(=O)N[C@@H](CC)c1ccccc1. The van der Waals surface area contributed by atoms with E-state index in [0.29, 0.717) is 12.3 Å². The molecule has 158 valence electrons. The van der Waals surface area contributed by atoms with E-state index in [-0.39, 0.29) is 23.3 Å². The molecule has 2 aromatic carbocycles. The molecule has 1 aliphatic rings. The van der Waals surface area contributed by atoms with Gasteiger partial charge in [-0.2, -0.15) is 0 Å². The van der Waals surface area contributed by atoms with Gasteiger partial charge in [-0.3, -0.25) is 9.79 Å². The van der Waals surface area contributed by atoms with Gasteiger partial charge in [-0.25, -0.2) is 0 Å². The van der Waals surface area contributed by atoms with Crippen LogP contribution in [0.25, 0.3) is 0 Å². The second-order valence-corrected chi connectivity index (χ2v) is 7.24. The molecule has 0 saturated carbocycles. The van der Waals surface area contributed by atoms with Gasteiger partial charge in [0.25, 0.3) is 5.91 Å². The molecule has 1 unspecified atom stereocenters. The van der Waals surface area contributed by atoms with Gasteiger partial charge >= 0.3 is 0 Å². The minimum Gasteiger partial charge on any atom is -0.505 e. The lowest BCUT2D eigenvalue weighted by Gasteiger charge is -2.22. The first-order chi connectivity index (χ1) is 15.2. The Bertz CT molecular complexity index is 1020. The van der Waals surface area contributed by atoms with Crippen LogP contribution in [-0.2, 0) is 4.79 Å². The zero-order valence-electron chi connectivity index (χ0n) is 17.7. The van der Waals surface area contributed by atoms with E-state index in [1.54, 1.807) is 6.08 Å². The van der Waals surface area contributed by atoms with Crippen LogP contribution in [0.1, 0.15) is 30.5 Å². The monoisotopic (exact) mass is 412 g/mol. The number of carbonyl (C=O) groups is 1. The first kappa shape index (κ1) is 22.0. The van der Waals surface area contributed by atoms with Crippen molar-refractivity contribution in [2.45, 2.75) is 19.4 Å². The highest BCUT2D eigenvalue weighted by Gasteiger charge is 2.27. The number of hydrogen-bond donors (Lipinski definition) is 2. The van der Waals surface area contributed by atoms with E-state index in [1.165, 1.54) is 0 Å². The highest BCUT2D eigenvalue weighted by Crippen LogP contribution is 2.24. The number of carbonyl (C=O) groups excluding carboxylic acids is 1. The molecule has 0 aliphatic carbocycles. The minimum absolute atomic E-state index is 0.128. The van der Waals surface area contributed by atoms with Crippen molar-refractivity contribution in [2.24, 2.45) is 10.9 Å². The molecule has 0 spiro atoms. The summed E-state index contributed by atoms with van der Waals surface area (Å²) in [5.41, 5.74) is 2.40. The summed E-state index contributed by atoms with van der Waals surface area (Å²) >= 11 is 0. The maximum atomic E-state index is 13.5. The molecule has 1 aliphatic heterocycles. The van der Waals surface area contributed by atoms with Crippen molar-refractivity contribution >= 4 is 11.6 Å². The smallest absolute Gasteiger partial charge is 0.252 e. The standard InChI is InChI=1S/C27H28N2O2/c1-3-20-14-12-7-13-19-28-25(22-17-10-6-11-18-22)26(30)24(20)27(31)29-23(4-2)21-15-8-5-9-16-21/h3,5-18,20,23,30H,1,4,19H2,2H3,(H,29,31)/b13-7-,14-12-,26-24-,28-25?/t20?,23-/m0/s1. The third-order valence-corrected chi connectivity index (χ3v) is 5.19. The summed E-state index contributed by atoms with van der Waals surface area (Å²) in [6.45, 7) is 6.31.